The predicted octanol–water partition coefficient (Wildman–Crippen LogP) is 1.43. The molecule has 18 heavy (non-hydrogen) atoms. The molecule has 1 rings (SSSR count). The number of hydrogen-bond donors (Lipinski definition) is 2. The van der Waals surface area contributed by atoms with E-state index in [9.17, 15) is 0 Å². The van der Waals surface area contributed by atoms with Crippen LogP contribution in [0, 0.1) is 0 Å². The van der Waals surface area contributed by atoms with Crippen LogP contribution in [-0.2, 0) is 13.0 Å². The van der Waals surface area contributed by atoms with E-state index in [4.69, 9.17) is 5.11 Å². The van der Waals surface area contributed by atoms with Gasteiger partial charge in [-0.05, 0) is 31.1 Å². The summed E-state index contributed by atoms with van der Waals surface area (Å²) >= 11 is 0. The zero-order chi connectivity index (χ0) is 13.2. The molecule has 100 valence electrons. The van der Waals surface area contributed by atoms with Crippen LogP contribution in [0.25, 0.3) is 0 Å². The summed E-state index contributed by atoms with van der Waals surface area (Å²) in [6, 6.07) is 8.50. The lowest BCUT2D eigenvalue weighted by Gasteiger charge is -2.21. The minimum Gasteiger partial charge on any atom is -0.395 e. The molecule has 0 unspecified atom stereocenters. The highest BCUT2D eigenvalue weighted by atomic mass is 16.3. The minimum atomic E-state index is 0.187. The van der Waals surface area contributed by atoms with E-state index in [2.05, 4.69) is 41.1 Å². The lowest BCUT2D eigenvalue weighted by atomic mass is 10.0. The summed E-state index contributed by atoms with van der Waals surface area (Å²) in [7, 11) is 1.97. The SMILES string of the molecule is C=CCN(CCO)Cc1ccccc1CCNC. The summed E-state index contributed by atoms with van der Waals surface area (Å²) in [5.41, 5.74) is 2.71. The molecule has 3 nitrogen and oxygen atoms in total. The Balaban J connectivity index is 2.70. The van der Waals surface area contributed by atoms with Crippen molar-refractivity contribution >= 4 is 0 Å². The molecule has 0 saturated carbocycles. The molecule has 0 heterocycles. The molecule has 0 aromatic heterocycles. The third-order valence-corrected chi connectivity index (χ3v) is 2.96. The number of hydrogen-bond acceptors (Lipinski definition) is 3. The van der Waals surface area contributed by atoms with Crippen molar-refractivity contribution < 1.29 is 5.11 Å². The van der Waals surface area contributed by atoms with Crippen LogP contribution >= 0.6 is 0 Å². The molecule has 0 spiro atoms. The maximum absolute atomic E-state index is 9.07. The van der Waals surface area contributed by atoms with Crippen molar-refractivity contribution in [3.8, 4) is 0 Å². The monoisotopic (exact) mass is 248 g/mol. The normalized spacial score (nSPS) is 10.8. The summed E-state index contributed by atoms with van der Waals surface area (Å²) < 4.78 is 0. The minimum absolute atomic E-state index is 0.187. The average Bonchev–Trinajstić information content (AvgIpc) is 2.38. The third-order valence-electron chi connectivity index (χ3n) is 2.96. The maximum Gasteiger partial charge on any atom is 0.0558 e. The summed E-state index contributed by atoms with van der Waals surface area (Å²) in [4.78, 5) is 2.20. The zero-order valence-electron chi connectivity index (χ0n) is 11.2. The van der Waals surface area contributed by atoms with Crippen molar-refractivity contribution in [3.05, 3.63) is 48.0 Å². The molecule has 3 heteroatoms. The van der Waals surface area contributed by atoms with E-state index in [0.29, 0.717) is 6.54 Å². The highest BCUT2D eigenvalue weighted by molar-refractivity contribution is 5.27. The Hall–Kier alpha value is -1.16. The fourth-order valence-electron chi connectivity index (χ4n) is 2.02. The Morgan fingerprint density at radius 2 is 2.06 bits per heavy atom. The van der Waals surface area contributed by atoms with Gasteiger partial charge in [-0.15, -0.1) is 6.58 Å². The molecule has 0 aliphatic carbocycles. The number of likely N-dealkylation sites (N-methyl/N-ethyl adjacent to an activating group) is 1. The summed E-state index contributed by atoms with van der Waals surface area (Å²) in [5, 5.41) is 12.2. The first kappa shape index (κ1) is 14.9. The Bertz CT molecular complexity index is 352. The first-order valence-electron chi connectivity index (χ1n) is 6.47. The standard InChI is InChI=1S/C15H24N2O/c1-3-10-17(11-12-18)13-15-7-5-4-6-14(15)8-9-16-2/h3-7,16,18H,1,8-13H2,2H3. The van der Waals surface area contributed by atoms with Gasteiger partial charge < -0.3 is 10.4 Å². The van der Waals surface area contributed by atoms with Gasteiger partial charge in [0.2, 0.25) is 0 Å². The first-order chi connectivity index (χ1) is 8.81. The summed E-state index contributed by atoms with van der Waals surface area (Å²) in [6.45, 7) is 7.30. The molecule has 0 fully saturated rings. The van der Waals surface area contributed by atoms with Crippen LogP contribution < -0.4 is 5.32 Å². The van der Waals surface area contributed by atoms with Crippen LogP contribution in [0.1, 0.15) is 11.1 Å². The third kappa shape index (κ3) is 5.00. The molecule has 0 radical (unpaired) electrons. The summed E-state index contributed by atoms with van der Waals surface area (Å²) in [5.74, 6) is 0. The van der Waals surface area contributed by atoms with Gasteiger partial charge in [0.25, 0.3) is 0 Å². The number of rotatable bonds is 9. The molecule has 0 atom stereocenters. The number of benzene rings is 1. The van der Waals surface area contributed by atoms with Crippen molar-refractivity contribution in [2.75, 3.05) is 33.3 Å². The molecule has 1 aromatic carbocycles. The zero-order valence-corrected chi connectivity index (χ0v) is 11.2. The van der Waals surface area contributed by atoms with E-state index >= 15 is 0 Å². The average molecular weight is 248 g/mol. The van der Waals surface area contributed by atoms with Gasteiger partial charge >= 0.3 is 0 Å². The Morgan fingerprint density at radius 1 is 1.33 bits per heavy atom. The van der Waals surface area contributed by atoms with Crippen molar-refractivity contribution in [2.45, 2.75) is 13.0 Å². The number of aliphatic hydroxyl groups is 1. The number of aliphatic hydroxyl groups excluding tert-OH is 1. The second-order valence-electron chi connectivity index (χ2n) is 4.37. The van der Waals surface area contributed by atoms with Gasteiger partial charge in [0.05, 0.1) is 6.61 Å². The molecule has 1 aromatic rings. The summed E-state index contributed by atoms with van der Waals surface area (Å²) in [6.07, 6.45) is 2.92. The van der Waals surface area contributed by atoms with E-state index < -0.39 is 0 Å². The fraction of sp³-hybridized carbons (Fsp3) is 0.467. The molecular formula is C15H24N2O. The van der Waals surface area contributed by atoms with Crippen LogP contribution in [0.15, 0.2) is 36.9 Å². The van der Waals surface area contributed by atoms with Gasteiger partial charge in [-0.25, -0.2) is 0 Å². The molecule has 0 amide bonds. The molecule has 2 N–H and O–H groups in total. The van der Waals surface area contributed by atoms with E-state index in [1.54, 1.807) is 0 Å². The van der Waals surface area contributed by atoms with Gasteiger partial charge in [-0.1, -0.05) is 30.3 Å². The Morgan fingerprint density at radius 3 is 2.67 bits per heavy atom. The van der Waals surface area contributed by atoms with Crippen molar-refractivity contribution in [1.82, 2.24) is 10.2 Å². The second kappa shape index (κ2) is 8.86. The Kier molecular flexibility index (Phi) is 7.34. The van der Waals surface area contributed by atoms with E-state index in [-0.39, 0.29) is 6.61 Å². The lowest BCUT2D eigenvalue weighted by molar-refractivity contribution is 0.203. The van der Waals surface area contributed by atoms with E-state index in [1.165, 1.54) is 11.1 Å². The lowest BCUT2D eigenvalue weighted by Crippen LogP contribution is -2.27. The van der Waals surface area contributed by atoms with Gasteiger partial charge in [-0.2, -0.15) is 0 Å². The van der Waals surface area contributed by atoms with Crippen molar-refractivity contribution in [2.24, 2.45) is 0 Å². The molecule has 0 saturated heterocycles. The van der Waals surface area contributed by atoms with Crippen LogP contribution in [0.5, 0.6) is 0 Å². The van der Waals surface area contributed by atoms with Gasteiger partial charge in [0.1, 0.15) is 0 Å². The fourth-order valence-corrected chi connectivity index (χ4v) is 2.02. The largest absolute Gasteiger partial charge is 0.395 e. The Labute approximate surface area is 110 Å². The van der Waals surface area contributed by atoms with Crippen LogP contribution in [0.2, 0.25) is 0 Å². The second-order valence-corrected chi connectivity index (χ2v) is 4.37. The van der Waals surface area contributed by atoms with Gasteiger partial charge in [0.15, 0.2) is 0 Å². The van der Waals surface area contributed by atoms with Crippen LogP contribution in [0.4, 0.5) is 0 Å². The quantitative estimate of drug-likeness (QED) is 0.649. The first-order valence-corrected chi connectivity index (χ1v) is 6.47. The van der Waals surface area contributed by atoms with Gasteiger partial charge in [-0.3, -0.25) is 4.90 Å². The van der Waals surface area contributed by atoms with Crippen molar-refractivity contribution in [1.29, 1.82) is 0 Å². The molecule has 0 aliphatic heterocycles. The van der Waals surface area contributed by atoms with E-state index in [1.807, 2.05) is 13.1 Å². The highest BCUT2D eigenvalue weighted by Crippen LogP contribution is 2.12. The van der Waals surface area contributed by atoms with Crippen LogP contribution in [-0.4, -0.2) is 43.3 Å². The maximum atomic E-state index is 9.07. The topological polar surface area (TPSA) is 35.5 Å². The van der Waals surface area contributed by atoms with Gasteiger partial charge in [0, 0.05) is 19.6 Å². The molecular weight excluding hydrogens is 224 g/mol. The molecule has 0 aliphatic rings. The predicted molar refractivity (Wildman–Crippen MR) is 76.6 cm³/mol. The molecule has 0 bridgehead atoms. The van der Waals surface area contributed by atoms with Crippen LogP contribution in [0.3, 0.4) is 0 Å². The number of nitrogens with one attached hydrogen (secondary N) is 1. The smallest absolute Gasteiger partial charge is 0.0558 e. The highest BCUT2D eigenvalue weighted by Gasteiger charge is 2.07. The van der Waals surface area contributed by atoms with Crippen molar-refractivity contribution in [3.63, 3.8) is 0 Å². The number of nitrogens with zero attached hydrogens (tertiary/aromatic N) is 1. The van der Waals surface area contributed by atoms with E-state index in [0.717, 1.165) is 26.1 Å².